The fraction of sp³-hybridized carbons (Fsp3) is 0.200. The van der Waals surface area contributed by atoms with E-state index in [4.69, 9.17) is 0 Å². The number of rotatable bonds is 10. The molecule has 1 saturated carbocycles. The van der Waals surface area contributed by atoms with Gasteiger partial charge in [-0.15, -0.1) is 0 Å². The van der Waals surface area contributed by atoms with Gasteiger partial charge in [0.05, 0.1) is 0 Å². The SMILES string of the molecule is Cc1ccc(-c2ccc(N(c3ccc(C4(c5ccc(N(c6ccc(-c7ccc(C)cc7)cc6)c6ccc(C)c(C)c6)cc5)CCCCC4)cc3)c3ccc(C)c(C)c3)cc2)cc1. The van der Waals surface area contributed by atoms with E-state index in [0.717, 1.165) is 24.2 Å². The molecule has 2 nitrogen and oxygen atoms in total. The van der Waals surface area contributed by atoms with Gasteiger partial charge >= 0.3 is 0 Å². The molecule has 0 spiro atoms. The topological polar surface area (TPSA) is 6.48 Å². The van der Waals surface area contributed by atoms with E-state index < -0.39 is 0 Å². The minimum Gasteiger partial charge on any atom is -0.310 e. The smallest absolute Gasteiger partial charge is 0.0464 e. The highest BCUT2D eigenvalue weighted by atomic mass is 15.1. The van der Waals surface area contributed by atoms with Gasteiger partial charge in [0.2, 0.25) is 0 Å². The van der Waals surface area contributed by atoms with Gasteiger partial charge in [-0.3, -0.25) is 0 Å². The zero-order chi connectivity index (χ0) is 42.8. The van der Waals surface area contributed by atoms with E-state index in [9.17, 15) is 0 Å². The molecule has 8 aromatic rings. The summed E-state index contributed by atoms with van der Waals surface area (Å²) in [6.07, 6.45) is 6.04. The lowest BCUT2D eigenvalue weighted by Gasteiger charge is -2.39. The number of anilines is 6. The van der Waals surface area contributed by atoms with Gasteiger partial charge in [-0.1, -0.05) is 140 Å². The molecule has 0 amide bonds. The molecule has 1 aliphatic carbocycles. The molecule has 0 aliphatic heterocycles. The Labute approximate surface area is 370 Å². The van der Waals surface area contributed by atoms with Crippen molar-refractivity contribution in [1.82, 2.24) is 0 Å². The first-order chi connectivity index (χ1) is 30.1. The van der Waals surface area contributed by atoms with Crippen molar-refractivity contribution in [3.05, 3.63) is 226 Å². The normalized spacial score (nSPS) is 13.5. The molecule has 0 N–H and O–H groups in total. The highest BCUT2D eigenvalue weighted by molar-refractivity contribution is 5.81. The highest BCUT2D eigenvalue weighted by Gasteiger charge is 2.36. The largest absolute Gasteiger partial charge is 0.310 e. The van der Waals surface area contributed by atoms with Crippen LogP contribution in [0.25, 0.3) is 22.3 Å². The van der Waals surface area contributed by atoms with E-state index in [0.29, 0.717) is 0 Å². The van der Waals surface area contributed by atoms with Crippen molar-refractivity contribution < 1.29 is 0 Å². The molecule has 62 heavy (non-hydrogen) atoms. The third-order valence-corrected chi connectivity index (χ3v) is 13.6. The zero-order valence-electron chi connectivity index (χ0n) is 37.3. The molecule has 0 heterocycles. The molecule has 0 radical (unpaired) electrons. The van der Waals surface area contributed by atoms with Crippen LogP contribution in [-0.4, -0.2) is 0 Å². The van der Waals surface area contributed by atoms with Crippen LogP contribution in [0, 0.1) is 41.5 Å². The number of aryl methyl sites for hydroxylation is 6. The van der Waals surface area contributed by atoms with Crippen LogP contribution >= 0.6 is 0 Å². The average molecular weight is 807 g/mol. The summed E-state index contributed by atoms with van der Waals surface area (Å²) in [7, 11) is 0. The zero-order valence-corrected chi connectivity index (χ0v) is 37.3. The molecule has 0 saturated heterocycles. The summed E-state index contributed by atoms with van der Waals surface area (Å²) in [5.74, 6) is 0. The Hall–Kier alpha value is -6.64. The summed E-state index contributed by atoms with van der Waals surface area (Å²) in [6, 6.07) is 68.4. The Bertz CT molecular complexity index is 2580. The molecule has 1 fully saturated rings. The summed E-state index contributed by atoms with van der Waals surface area (Å²) < 4.78 is 0. The van der Waals surface area contributed by atoms with Gasteiger partial charge in [0.15, 0.2) is 0 Å². The van der Waals surface area contributed by atoms with Gasteiger partial charge in [-0.25, -0.2) is 0 Å². The van der Waals surface area contributed by atoms with Crippen LogP contribution in [0.15, 0.2) is 182 Å². The standard InChI is InChI=1S/C60H58N2/c1-42-10-16-48(17-11-42)50-20-30-54(31-21-50)61(58-28-14-44(3)46(5)40-58)56-34-24-52(25-35-56)60(38-8-7-9-39-60)53-26-36-57(37-27-53)62(59-29-15-45(4)47(6)41-59)55-32-22-51(23-33-55)49-18-12-43(2)13-19-49/h10-37,40-41H,7-9,38-39H2,1-6H3. The lowest BCUT2D eigenvalue weighted by Crippen LogP contribution is -2.30. The van der Waals surface area contributed by atoms with Gasteiger partial charge in [-0.05, 0) is 183 Å². The lowest BCUT2D eigenvalue weighted by atomic mass is 9.65. The fourth-order valence-electron chi connectivity index (χ4n) is 9.48. The van der Waals surface area contributed by atoms with Crippen LogP contribution in [0.2, 0.25) is 0 Å². The van der Waals surface area contributed by atoms with Crippen LogP contribution in [0.1, 0.15) is 76.6 Å². The summed E-state index contributed by atoms with van der Waals surface area (Å²) in [5, 5.41) is 0. The van der Waals surface area contributed by atoms with Crippen LogP contribution < -0.4 is 9.80 Å². The number of nitrogens with zero attached hydrogens (tertiary/aromatic N) is 2. The van der Waals surface area contributed by atoms with Crippen LogP contribution in [-0.2, 0) is 5.41 Å². The third kappa shape index (κ3) is 8.23. The maximum absolute atomic E-state index is 2.42. The number of hydrogen-bond donors (Lipinski definition) is 0. The Kier molecular flexibility index (Phi) is 11.4. The number of benzene rings is 8. The van der Waals surface area contributed by atoms with E-state index in [1.54, 1.807) is 0 Å². The second-order valence-electron chi connectivity index (χ2n) is 17.8. The van der Waals surface area contributed by atoms with Gasteiger partial charge in [0, 0.05) is 39.5 Å². The van der Waals surface area contributed by atoms with Crippen LogP contribution in [0.5, 0.6) is 0 Å². The third-order valence-electron chi connectivity index (χ3n) is 13.6. The van der Waals surface area contributed by atoms with Gasteiger partial charge < -0.3 is 9.80 Å². The molecular formula is C60H58N2. The van der Waals surface area contributed by atoms with E-state index in [1.165, 1.54) is 109 Å². The Balaban J connectivity index is 1.06. The Morgan fingerprint density at radius 1 is 0.290 bits per heavy atom. The Morgan fingerprint density at radius 2 is 0.581 bits per heavy atom. The maximum atomic E-state index is 2.42. The molecule has 9 rings (SSSR count). The highest BCUT2D eigenvalue weighted by Crippen LogP contribution is 2.47. The van der Waals surface area contributed by atoms with Crippen molar-refractivity contribution in [2.75, 3.05) is 9.80 Å². The molecule has 0 unspecified atom stereocenters. The quantitative estimate of drug-likeness (QED) is 0.136. The van der Waals surface area contributed by atoms with Crippen molar-refractivity contribution in [2.24, 2.45) is 0 Å². The molecule has 1 aliphatic rings. The summed E-state index contributed by atoms with van der Waals surface area (Å²) in [4.78, 5) is 4.82. The van der Waals surface area contributed by atoms with E-state index >= 15 is 0 Å². The first-order valence-corrected chi connectivity index (χ1v) is 22.5. The average Bonchev–Trinajstić information content (AvgIpc) is 3.31. The molecular weight excluding hydrogens is 749 g/mol. The van der Waals surface area contributed by atoms with Crippen molar-refractivity contribution in [3.63, 3.8) is 0 Å². The Morgan fingerprint density at radius 3 is 0.903 bits per heavy atom. The van der Waals surface area contributed by atoms with Crippen molar-refractivity contribution in [3.8, 4) is 22.3 Å². The fourth-order valence-corrected chi connectivity index (χ4v) is 9.48. The molecule has 0 atom stereocenters. The molecule has 2 heteroatoms. The molecule has 0 bridgehead atoms. The van der Waals surface area contributed by atoms with Gasteiger partial charge in [0.1, 0.15) is 0 Å². The monoisotopic (exact) mass is 806 g/mol. The molecule has 0 aromatic heterocycles. The van der Waals surface area contributed by atoms with Crippen molar-refractivity contribution in [1.29, 1.82) is 0 Å². The summed E-state index contributed by atoms with van der Waals surface area (Å²) >= 11 is 0. The van der Waals surface area contributed by atoms with Crippen LogP contribution in [0.4, 0.5) is 34.1 Å². The van der Waals surface area contributed by atoms with Gasteiger partial charge in [-0.2, -0.15) is 0 Å². The predicted octanol–water partition coefficient (Wildman–Crippen LogP) is 17.1. The molecule has 308 valence electrons. The predicted molar refractivity (Wildman–Crippen MR) is 265 cm³/mol. The first kappa shape index (κ1) is 40.7. The van der Waals surface area contributed by atoms with Crippen molar-refractivity contribution >= 4 is 34.1 Å². The second-order valence-corrected chi connectivity index (χ2v) is 17.8. The number of hydrogen-bond acceptors (Lipinski definition) is 2. The second kappa shape index (κ2) is 17.4. The van der Waals surface area contributed by atoms with E-state index in [-0.39, 0.29) is 5.41 Å². The minimum absolute atomic E-state index is 0.0444. The maximum Gasteiger partial charge on any atom is 0.0464 e. The first-order valence-electron chi connectivity index (χ1n) is 22.5. The summed E-state index contributed by atoms with van der Waals surface area (Å²) in [5.41, 5.74) is 22.4. The van der Waals surface area contributed by atoms with Crippen molar-refractivity contribution in [2.45, 2.75) is 79.1 Å². The summed E-state index contributed by atoms with van der Waals surface area (Å²) in [6.45, 7) is 13.1. The minimum atomic E-state index is -0.0444. The van der Waals surface area contributed by atoms with Gasteiger partial charge in [0.25, 0.3) is 0 Å². The van der Waals surface area contributed by atoms with Crippen LogP contribution in [0.3, 0.4) is 0 Å². The lowest BCUT2D eigenvalue weighted by molar-refractivity contribution is 0.346. The van der Waals surface area contributed by atoms with E-state index in [1.807, 2.05) is 0 Å². The molecule has 8 aromatic carbocycles. The van der Waals surface area contributed by atoms with E-state index in [2.05, 4.69) is 233 Å².